The summed E-state index contributed by atoms with van der Waals surface area (Å²) in [5.74, 6) is 2.64. The third kappa shape index (κ3) is 2.78. The van der Waals surface area contributed by atoms with Gasteiger partial charge in [0.15, 0.2) is 0 Å². The van der Waals surface area contributed by atoms with Gasteiger partial charge < -0.3 is 10.2 Å². The molecule has 1 aliphatic heterocycles. The van der Waals surface area contributed by atoms with E-state index in [0.29, 0.717) is 0 Å². The molecule has 0 atom stereocenters. The molecule has 1 heterocycles. The van der Waals surface area contributed by atoms with Crippen molar-refractivity contribution in [3.05, 3.63) is 0 Å². The lowest BCUT2D eigenvalue weighted by atomic mass is 9.53. The van der Waals surface area contributed by atoms with Crippen LogP contribution in [0, 0.1) is 17.8 Å². The van der Waals surface area contributed by atoms with Gasteiger partial charge in [0.2, 0.25) is 0 Å². The molecule has 3 N–H and O–H groups in total. The van der Waals surface area contributed by atoms with Crippen molar-refractivity contribution in [1.29, 1.82) is 0 Å². The number of urea groups is 1. The molecule has 21 heavy (non-hydrogen) atoms. The van der Waals surface area contributed by atoms with Crippen LogP contribution in [0.15, 0.2) is 0 Å². The number of nitrogens with zero attached hydrogens (tertiary/aromatic N) is 1. The lowest BCUT2D eigenvalue weighted by molar-refractivity contribution is -0.884. The number of carbonyl (C=O) groups is 1. The van der Waals surface area contributed by atoms with Crippen LogP contribution in [0.4, 0.5) is 4.79 Å². The largest absolute Gasteiger partial charge is 0.335 e. The average molecular weight is 293 g/mol. The van der Waals surface area contributed by atoms with Crippen molar-refractivity contribution in [2.24, 2.45) is 17.8 Å². The van der Waals surface area contributed by atoms with Gasteiger partial charge in [-0.15, -0.1) is 0 Å². The number of quaternary nitrogens is 1. The minimum atomic E-state index is 0.0384. The minimum absolute atomic E-state index is 0.0384. The van der Waals surface area contributed by atoms with E-state index in [0.717, 1.165) is 43.9 Å². The first-order chi connectivity index (χ1) is 10.1. The van der Waals surface area contributed by atoms with Crippen LogP contribution in [-0.2, 0) is 0 Å². The van der Waals surface area contributed by atoms with Gasteiger partial charge in [-0.2, -0.15) is 0 Å². The van der Waals surface area contributed by atoms with Crippen LogP contribution in [-0.4, -0.2) is 49.8 Å². The Balaban J connectivity index is 1.34. The summed E-state index contributed by atoms with van der Waals surface area (Å²) in [5, 5.41) is 5.47. The first kappa shape index (κ1) is 13.8. The molecule has 0 spiro atoms. The predicted molar refractivity (Wildman–Crippen MR) is 80.8 cm³/mol. The van der Waals surface area contributed by atoms with Crippen molar-refractivity contribution in [2.75, 3.05) is 33.2 Å². The molecule has 5 heteroatoms. The monoisotopic (exact) mass is 293 g/mol. The van der Waals surface area contributed by atoms with Crippen molar-refractivity contribution >= 4 is 6.03 Å². The quantitative estimate of drug-likeness (QED) is 0.671. The van der Waals surface area contributed by atoms with E-state index in [1.165, 1.54) is 38.5 Å². The van der Waals surface area contributed by atoms with Crippen molar-refractivity contribution in [3.8, 4) is 0 Å². The topological polar surface area (TPSA) is 48.8 Å². The number of carbonyl (C=O) groups excluding carboxylic acids is 1. The Morgan fingerprint density at radius 1 is 1.05 bits per heavy atom. The third-order valence-corrected chi connectivity index (χ3v) is 6.29. The van der Waals surface area contributed by atoms with Crippen LogP contribution < -0.4 is 15.6 Å². The summed E-state index contributed by atoms with van der Waals surface area (Å²) in [6.07, 6.45) is 7.93. The van der Waals surface area contributed by atoms with E-state index in [9.17, 15) is 4.79 Å². The number of likely N-dealkylation sites (N-methyl/N-ethyl adjacent to an activating group) is 1. The van der Waals surface area contributed by atoms with Gasteiger partial charge in [0.05, 0.1) is 33.2 Å². The van der Waals surface area contributed by atoms with Gasteiger partial charge in [-0.05, 0) is 56.3 Å². The summed E-state index contributed by atoms with van der Waals surface area (Å²) in [7, 11) is 2.22. The maximum absolute atomic E-state index is 12.4. The van der Waals surface area contributed by atoms with Crippen LogP contribution >= 0.6 is 0 Å². The van der Waals surface area contributed by atoms with E-state index in [-0.39, 0.29) is 11.6 Å². The molecule has 5 rings (SSSR count). The third-order valence-electron chi connectivity index (χ3n) is 6.29. The molecule has 0 aromatic carbocycles. The lowest BCUT2D eigenvalue weighted by Crippen LogP contribution is -3.12. The molecule has 0 aromatic rings. The molecule has 118 valence electrons. The first-order valence-corrected chi connectivity index (χ1v) is 8.75. The molecule has 0 aromatic heterocycles. The molecular weight excluding hydrogens is 264 g/mol. The Labute approximate surface area is 127 Å². The number of amides is 2. The predicted octanol–water partition coefficient (Wildman–Crippen LogP) is -0.000300. The summed E-state index contributed by atoms with van der Waals surface area (Å²) in [5.41, 5.74) is 3.21. The van der Waals surface area contributed by atoms with E-state index in [2.05, 4.69) is 22.8 Å². The number of hydrogen-bond donors (Lipinski definition) is 3. The maximum atomic E-state index is 12.4. The van der Waals surface area contributed by atoms with E-state index >= 15 is 0 Å². The minimum Gasteiger partial charge on any atom is -0.335 e. The Kier molecular flexibility index (Phi) is 3.38. The number of hydrazine groups is 1. The number of piperazine rings is 1. The second-order valence-corrected chi connectivity index (χ2v) is 8.21. The second kappa shape index (κ2) is 5.13. The average Bonchev–Trinajstić information content (AvgIpc) is 2.39. The van der Waals surface area contributed by atoms with E-state index in [1.54, 1.807) is 4.90 Å². The molecule has 4 saturated carbocycles. The smallest absolute Gasteiger partial charge is 0.329 e. The summed E-state index contributed by atoms with van der Waals surface area (Å²) >= 11 is 0. The van der Waals surface area contributed by atoms with Gasteiger partial charge in [-0.25, -0.2) is 9.80 Å². The fraction of sp³-hybridized carbons (Fsp3) is 0.938. The fourth-order valence-corrected chi connectivity index (χ4v) is 5.68. The molecule has 0 unspecified atom stereocenters. The second-order valence-electron chi connectivity index (χ2n) is 8.21. The lowest BCUT2D eigenvalue weighted by Gasteiger charge is -2.56. The van der Waals surface area contributed by atoms with Gasteiger partial charge in [0.25, 0.3) is 0 Å². The maximum Gasteiger partial charge on any atom is 0.329 e. The standard InChI is InChI=1S/C16H28N4O/c1-19-2-4-20(5-3-19)18-15(21)17-16-9-12-6-13(10-16)8-14(7-12)11-16/h12-14H,2-11H2,1H3,(H2,17,18,21)/p+1. The molecule has 4 bridgehead atoms. The Morgan fingerprint density at radius 3 is 2.10 bits per heavy atom. The zero-order valence-electron chi connectivity index (χ0n) is 13.2. The van der Waals surface area contributed by atoms with Gasteiger partial charge in [0.1, 0.15) is 0 Å². The SMILES string of the molecule is C[NH+]1CCN(NC(=O)NC23CC4CC(CC(C4)C2)C3)CC1. The van der Waals surface area contributed by atoms with Gasteiger partial charge in [-0.1, -0.05) is 0 Å². The Hall–Kier alpha value is -0.810. The highest BCUT2D eigenvalue weighted by Gasteiger charge is 2.51. The summed E-state index contributed by atoms with van der Waals surface area (Å²) in [6.45, 7) is 4.13. The highest BCUT2D eigenvalue weighted by molar-refractivity contribution is 5.74. The zero-order chi connectivity index (χ0) is 14.4. The molecule has 5 nitrogen and oxygen atoms in total. The van der Waals surface area contributed by atoms with Crippen LogP contribution in [0.25, 0.3) is 0 Å². The normalized spacial score (nSPS) is 43.0. The number of rotatable bonds is 2. The molecule has 1 saturated heterocycles. The van der Waals surface area contributed by atoms with Crippen molar-refractivity contribution < 1.29 is 9.69 Å². The molecule has 5 aliphatic rings. The highest BCUT2D eigenvalue weighted by atomic mass is 16.2. The van der Waals surface area contributed by atoms with Crippen molar-refractivity contribution in [1.82, 2.24) is 15.8 Å². The number of nitrogens with one attached hydrogen (secondary N) is 3. The van der Waals surface area contributed by atoms with E-state index < -0.39 is 0 Å². The summed E-state index contributed by atoms with van der Waals surface area (Å²) < 4.78 is 0. The first-order valence-electron chi connectivity index (χ1n) is 8.75. The summed E-state index contributed by atoms with van der Waals surface area (Å²) in [4.78, 5) is 14.0. The fourth-order valence-electron chi connectivity index (χ4n) is 5.68. The van der Waals surface area contributed by atoms with Crippen LogP contribution in [0.3, 0.4) is 0 Å². The molecule has 2 amide bonds. The highest BCUT2D eigenvalue weighted by Crippen LogP contribution is 2.55. The summed E-state index contributed by atoms with van der Waals surface area (Å²) in [6, 6.07) is 0.0384. The Bertz CT molecular complexity index is 381. The van der Waals surface area contributed by atoms with Crippen molar-refractivity contribution in [2.45, 2.75) is 44.1 Å². The molecule has 0 radical (unpaired) electrons. The van der Waals surface area contributed by atoms with Crippen molar-refractivity contribution in [3.63, 3.8) is 0 Å². The van der Waals surface area contributed by atoms with Crippen LogP contribution in [0.5, 0.6) is 0 Å². The van der Waals surface area contributed by atoms with Gasteiger partial charge in [0, 0.05) is 5.54 Å². The van der Waals surface area contributed by atoms with E-state index in [4.69, 9.17) is 0 Å². The zero-order valence-corrected chi connectivity index (χ0v) is 13.2. The van der Waals surface area contributed by atoms with Crippen LogP contribution in [0.2, 0.25) is 0 Å². The van der Waals surface area contributed by atoms with Gasteiger partial charge in [-0.3, -0.25) is 5.43 Å². The number of hydrogen-bond acceptors (Lipinski definition) is 2. The van der Waals surface area contributed by atoms with Gasteiger partial charge >= 0.3 is 6.03 Å². The molecule has 4 aliphatic carbocycles. The van der Waals surface area contributed by atoms with Crippen LogP contribution in [0.1, 0.15) is 38.5 Å². The Morgan fingerprint density at radius 2 is 1.57 bits per heavy atom. The molecular formula is C16H29N4O+. The molecule has 5 fully saturated rings. The van der Waals surface area contributed by atoms with E-state index in [1.807, 2.05) is 0 Å².